The first kappa shape index (κ1) is 19.6. The molecule has 0 saturated carbocycles. The van der Waals surface area contributed by atoms with Gasteiger partial charge in [-0.2, -0.15) is 4.31 Å². The summed E-state index contributed by atoms with van der Waals surface area (Å²) in [5.41, 5.74) is 2.04. The van der Waals surface area contributed by atoms with E-state index in [0.29, 0.717) is 13.1 Å². The van der Waals surface area contributed by atoms with Crippen molar-refractivity contribution in [2.24, 2.45) is 5.92 Å². The van der Waals surface area contributed by atoms with E-state index in [-0.39, 0.29) is 18.4 Å². The van der Waals surface area contributed by atoms with E-state index in [4.69, 9.17) is 0 Å². The van der Waals surface area contributed by atoms with Crippen molar-refractivity contribution in [1.82, 2.24) is 9.62 Å². The summed E-state index contributed by atoms with van der Waals surface area (Å²) in [6.45, 7) is 6.86. The first-order valence-electron chi connectivity index (χ1n) is 8.06. The Morgan fingerprint density at radius 1 is 1.26 bits per heavy atom. The Kier molecular flexibility index (Phi) is 7.72. The number of sulfonamides is 1. The van der Waals surface area contributed by atoms with Crippen molar-refractivity contribution >= 4 is 15.9 Å². The Bertz CT molecular complexity index is 610. The number of amides is 1. The molecule has 0 aliphatic rings. The molecule has 130 valence electrons. The highest BCUT2D eigenvalue weighted by Crippen LogP contribution is 2.10. The quantitative estimate of drug-likeness (QED) is 0.750. The van der Waals surface area contributed by atoms with Crippen LogP contribution >= 0.6 is 0 Å². The lowest BCUT2D eigenvalue weighted by Crippen LogP contribution is -2.39. The third kappa shape index (κ3) is 6.71. The van der Waals surface area contributed by atoms with Crippen LogP contribution in [0.2, 0.25) is 0 Å². The van der Waals surface area contributed by atoms with Crippen LogP contribution in [0.3, 0.4) is 0 Å². The minimum atomic E-state index is -3.32. The number of nitrogens with one attached hydrogen (secondary N) is 1. The van der Waals surface area contributed by atoms with E-state index in [2.05, 4.69) is 5.32 Å². The molecule has 1 aromatic rings. The molecule has 23 heavy (non-hydrogen) atoms. The maximum atomic E-state index is 12.0. The summed E-state index contributed by atoms with van der Waals surface area (Å²) in [6.07, 6.45) is 2.79. The highest BCUT2D eigenvalue weighted by Gasteiger charge is 2.18. The fourth-order valence-electron chi connectivity index (χ4n) is 2.48. The Morgan fingerprint density at radius 2 is 1.91 bits per heavy atom. The fraction of sp³-hybridized carbons (Fsp3) is 0.588. The maximum absolute atomic E-state index is 12.0. The van der Waals surface area contributed by atoms with E-state index < -0.39 is 10.0 Å². The van der Waals surface area contributed by atoms with E-state index in [9.17, 15) is 13.2 Å². The van der Waals surface area contributed by atoms with Gasteiger partial charge in [0.2, 0.25) is 15.9 Å². The van der Waals surface area contributed by atoms with Gasteiger partial charge < -0.3 is 5.32 Å². The van der Waals surface area contributed by atoms with Gasteiger partial charge in [-0.1, -0.05) is 43.7 Å². The van der Waals surface area contributed by atoms with Crippen molar-refractivity contribution in [3.8, 4) is 0 Å². The molecule has 6 heteroatoms. The Labute approximate surface area is 140 Å². The third-order valence-corrected chi connectivity index (χ3v) is 5.18. The summed E-state index contributed by atoms with van der Waals surface area (Å²) in [6, 6.07) is 7.78. The van der Waals surface area contributed by atoms with Crippen molar-refractivity contribution in [2.45, 2.75) is 40.2 Å². The van der Waals surface area contributed by atoms with Gasteiger partial charge >= 0.3 is 0 Å². The monoisotopic (exact) mass is 340 g/mol. The van der Waals surface area contributed by atoms with Gasteiger partial charge in [-0.05, 0) is 25.3 Å². The predicted molar refractivity (Wildman–Crippen MR) is 93.5 cm³/mol. The molecular weight excluding hydrogens is 312 g/mol. The first-order valence-corrected chi connectivity index (χ1v) is 9.91. The second-order valence-electron chi connectivity index (χ2n) is 5.89. The summed E-state index contributed by atoms with van der Waals surface area (Å²) in [7, 11) is -3.32. The summed E-state index contributed by atoms with van der Waals surface area (Å²) in [5, 5.41) is 2.84. The number of carbonyl (C=O) groups is 1. The number of carbonyl (C=O) groups excluding carboxylic acids is 1. The van der Waals surface area contributed by atoms with Gasteiger partial charge in [0.05, 0.1) is 6.26 Å². The molecule has 0 unspecified atom stereocenters. The van der Waals surface area contributed by atoms with Crippen LogP contribution in [0.25, 0.3) is 0 Å². The zero-order valence-electron chi connectivity index (χ0n) is 14.5. The number of benzene rings is 1. The van der Waals surface area contributed by atoms with Crippen LogP contribution in [0.5, 0.6) is 0 Å². The van der Waals surface area contributed by atoms with Crippen LogP contribution in [-0.2, 0) is 21.4 Å². The van der Waals surface area contributed by atoms with Crippen LogP contribution in [0, 0.1) is 12.8 Å². The molecule has 0 radical (unpaired) electrons. The first-order chi connectivity index (χ1) is 10.8. The van der Waals surface area contributed by atoms with E-state index in [0.717, 1.165) is 24.0 Å². The molecule has 1 aromatic carbocycles. The SMILES string of the molecule is CCC(CC)C(=O)NCCN(Cc1cccc(C)c1)S(C)(=O)=O. The van der Waals surface area contributed by atoms with Gasteiger partial charge in [0, 0.05) is 25.6 Å². The molecule has 1 amide bonds. The summed E-state index contributed by atoms with van der Waals surface area (Å²) in [5.74, 6) is -0.00235. The van der Waals surface area contributed by atoms with Crippen molar-refractivity contribution in [3.05, 3.63) is 35.4 Å². The standard InChI is InChI=1S/C17H28N2O3S/c1-5-16(6-2)17(20)18-10-11-19(23(4,21)22)13-15-9-7-8-14(3)12-15/h7-9,12,16H,5-6,10-11,13H2,1-4H3,(H,18,20). The van der Waals surface area contributed by atoms with Crippen LogP contribution in [0.4, 0.5) is 0 Å². The number of nitrogens with zero attached hydrogens (tertiary/aromatic N) is 1. The Balaban J connectivity index is 2.65. The number of hydrogen-bond acceptors (Lipinski definition) is 3. The molecule has 0 fully saturated rings. The number of rotatable bonds is 9. The summed E-state index contributed by atoms with van der Waals surface area (Å²) in [4.78, 5) is 12.0. The minimum absolute atomic E-state index is 0.000920. The lowest BCUT2D eigenvalue weighted by atomic mass is 10.0. The van der Waals surface area contributed by atoms with E-state index >= 15 is 0 Å². The van der Waals surface area contributed by atoms with Gasteiger partial charge in [0.1, 0.15) is 0 Å². The molecule has 0 atom stereocenters. The maximum Gasteiger partial charge on any atom is 0.223 e. The second kappa shape index (κ2) is 9.03. The Hall–Kier alpha value is -1.40. The highest BCUT2D eigenvalue weighted by atomic mass is 32.2. The molecule has 1 N–H and O–H groups in total. The molecule has 0 saturated heterocycles. The molecule has 1 rings (SSSR count). The van der Waals surface area contributed by atoms with Crippen molar-refractivity contribution in [3.63, 3.8) is 0 Å². The van der Waals surface area contributed by atoms with Gasteiger partial charge in [-0.15, -0.1) is 0 Å². The average Bonchev–Trinajstić information content (AvgIpc) is 2.46. The van der Waals surface area contributed by atoms with Crippen LogP contribution in [0.1, 0.15) is 37.8 Å². The molecule has 0 aromatic heterocycles. The summed E-state index contributed by atoms with van der Waals surface area (Å²) < 4.78 is 25.3. The van der Waals surface area contributed by atoms with E-state index in [1.807, 2.05) is 45.0 Å². The average molecular weight is 340 g/mol. The molecule has 5 nitrogen and oxygen atoms in total. The lowest BCUT2D eigenvalue weighted by Gasteiger charge is -2.21. The molecule has 0 spiro atoms. The smallest absolute Gasteiger partial charge is 0.223 e. The lowest BCUT2D eigenvalue weighted by molar-refractivity contribution is -0.125. The minimum Gasteiger partial charge on any atom is -0.355 e. The highest BCUT2D eigenvalue weighted by molar-refractivity contribution is 7.88. The van der Waals surface area contributed by atoms with Crippen molar-refractivity contribution in [1.29, 1.82) is 0 Å². The summed E-state index contributed by atoms with van der Waals surface area (Å²) >= 11 is 0. The third-order valence-electron chi connectivity index (χ3n) is 3.93. The molecule has 0 aliphatic heterocycles. The van der Waals surface area contributed by atoms with Gasteiger partial charge in [0.25, 0.3) is 0 Å². The normalized spacial score (nSPS) is 11.9. The van der Waals surface area contributed by atoms with Crippen LogP contribution in [0.15, 0.2) is 24.3 Å². The zero-order chi connectivity index (χ0) is 17.5. The van der Waals surface area contributed by atoms with Crippen LogP contribution in [-0.4, -0.2) is 38.0 Å². The van der Waals surface area contributed by atoms with E-state index in [1.54, 1.807) is 0 Å². The number of hydrogen-bond donors (Lipinski definition) is 1. The van der Waals surface area contributed by atoms with Crippen molar-refractivity contribution in [2.75, 3.05) is 19.3 Å². The topological polar surface area (TPSA) is 66.5 Å². The van der Waals surface area contributed by atoms with E-state index in [1.165, 1.54) is 10.6 Å². The second-order valence-corrected chi connectivity index (χ2v) is 7.87. The van der Waals surface area contributed by atoms with Gasteiger partial charge in [0.15, 0.2) is 0 Å². The van der Waals surface area contributed by atoms with Crippen molar-refractivity contribution < 1.29 is 13.2 Å². The molecule has 0 bridgehead atoms. The Morgan fingerprint density at radius 3 is 2.43 bits per heavy atom. The molecular formula is C17H28N2O3S. The zero-order valence-corrected chi connectivity index (χ0v) is 15.3. The number of aryl methyl sites for hydroxylation is 1. The van der Waals surface area contributed by atoms with Gasteiger partial charge in [-0.3, -0.25) is 4.79 Å². The predicted octanol–water partition coefficient (Wildman–Crippen LogP) is 2.31. The molecule has 0 heterocycles. The van der Waals surface area contributed by atoms with Crippen LogP contribution < -0.4 is 5.32 Å². The van der Waals surface area contributed by atoms with Gasteiger partial charge in [-0.25, -0.2) is 8.42 Å². The largest absolute Gasteiger partial charge is 0.355 e. The fourth-order valence-corrected chi connectivity index (χ4v) is 3.29. The molecule has 0 aliphatic carbocycles.